The number of phenolic OH excluding ortho intramolecular Hbond substituents is 1. The van der Waals surface area contributed by atoms with Crippen LogP contribution in [0, 0.1) is 17.8 Å². The Bertz CT molecular complexity index is 1240. The van der Waals surface area contributed by atoms with E-state index in [1.54, 1.807) is 0 Å². The number of aliphatic hydroxyl groups excluding tert-OH is 2. The average molecular weight is 502 g/mol. The van der Waals surface area contributed by atoms with Gasteiger partial charge in [-0.05, 0) is 67.8 Å². The molecule has 4 aliphatic rings. The maximum absolute atomic E-state index is 13.6. The molecule has 0 spiro atoms. The smallest absolute Gasteiger partial charge is 0.255 e. The first-order chi connectivity index (χ1) is 16.6. The van der Waals surface area contributed by atoms with Crippen LogP contribution in [0.1, 0.15) is 53.7 Å². The Balaban J connectivity index is 1.62. The molecular formula is C25H28ClN3O6. The number of ketones is 2. The predicted octanol–water partition coefficient (Wildman–Crippen LogP) is 2.21. The van der Waals surface area contributed by atoms with Crippen molar-refractivity contribution in [3.63, 3.8) is 0 Å². The summed E-state index contributed by atoms with van der Waals surface area (Å²) in [6.45, 7) is 3.83. The van der Waals surface area contributed by atoms with Gasteiger partial charge in [-0.2, -0.15) is 0 Å². The van der Waals surface area contributed by atoms with Gasteiger partial charge in [0.15, 0.2) is 11.6 Å². The number of benzene rings is 1. The minimum Gasteiger partial charge on any atom is -0.511 e. The van der Waals surface area contributed by atoms with Crippen LogP contribution in [0.5, 0.6) is 5.75 Å². The number of halogens is 1. The molecule has 7 N–H and O–H groups in total. The van der Waals surface area contributed by atoms with Gasteiger partial charge in [0.2, 0.25) is 0 Å². The number of allylic oxidation sites excluding steroid dienone is 2. The van der Waals surface area contributed by atoms with Gasteiger partial charge in [0, 0.05) is 16.6 Å². The largest absolute Gasteiger partial charge is 0.511 e. The number of carbonyl (C=O) groups excluding carboxylic acids is 3. The van der Waals surface area contributed by atoms with Crippen LogP contribution in [0.25, 0.3) is 0 Å². The van der Waals surface area contributed by atoms with E-state index in [2.05, 4.69) is 11.8 Å². The number of likely N-dealkylation sites (tertiary alicyclic amines) is 1. The number of nitrogens with zero attached hydrogens (tertiary/aromatic N) is 1. The first kappa shape index (κ1) is 23.8. The van der Waals surface area contributed by atoms with Crippen LogP contribution in [0.15, 0.2) is 28.7 Å². The molecule has 35 heavy (non-hydrogen) atoms. The van der Waals surface area contributed by atoms with Crippen molar-refractivity contribution in [1.82, 2.24) is 4.90 Å². The van der Waals surface area contributed by atoms with Crippen LogP contribution in [0.4, 0.5) is 0 Å². The second-order valence-electron chi connectivity index (χ2n) is 9.86. The number of phenols is 1. The van der Waals surface area contributed by atoms with Crippen LogP contribution < -0.4 is 11.5 Å². The molecule has 5 rings (SSSR count). The Morgan fingerprint density at radius 2 is 1.94 bits per heavy atom. The fourth-order valence-corrected chi connectivity index (χ4v) is 6.92. The van der Waals surface area contributed by atoms with Gasteiger partial charge < -0.3 is 26.8 Å². The summed E-state index contributed by atoms with van der Waals surface area (Å²) in [5.74, 6) is -6.41. The number of Topliss-reactive ketones (excluding diaryl/α,β-unsaturated/α-hetero) is 2. The number of fused-ring (bicyclic) bond motifs is 3. The molecule has 0 saturated carbocycles. The van der Waals surface area contributed by atoms with Crippen molar-refractivity contribution in [2.24, 2.45) is 29.2 Å². The van der Waals surface area contributed by atoms with E-state index in [4.69, 9.17) is 23.1 Å². The zero-order valence-electron chi connectivity index (χ0n) is 19.3. The molecule has 5 atom stereocenters. The molecule has 186 valence electrons. The standard InChI is InChI=1S/C25H28ClN3O6/c1-2-29-5-3-4-13(29)10-8-14(30)16-11(19(10)26)6-9-7-12-17(22(32)15(9)21(16)31)23(33)18(25(28)35)24(34)20(12)27/h8-9,12-13,17,20,30,32,34H,2-7,27H2,1H3,(H2,28,35)/t9-,12+,13?,17?,20-/m0/s1. The van der Waals surface area contributed by atoms with Gasteiger partial charge >= 0.3 is 0 Å². The quantitative estimate of drug-likeness (QED) is 0.393. The summed E-state index contributed by atoms with van der Waals surface area (Å²) in [7, 11) is 0. The van der Waals surface area contributed by atoms with Crippen molar-refractivity contribution < 1.29 is 29.7 Å². The van der Waals surface area contributed by atoms with Gasteiger partial charge in [0.25, 0.3) is 5.91 Å². The number of rotatable bonds is 3. The molecule has 0 radical (unpaired) electrons. The predicted molar refractivity (Wildman–Crippen MR) is 127 cm³/mol. The molecule has 9 nitrogen and oxygen atoms in total. The monoisotopic (exact) mass is 501 g/mol. The SMILES string of the molecule is CCN1CCCC1c1cc(O)c2c(c1Cl)C[C@H]1C[C@@H]3C(C(=O)C(C(N)=O)=C(O)[C@H]3N)C(O)=C1C2=O. The third-order valence-corrected chi connectivity index (χ3v) is 8.64. The van der Waals surface area contributed by atoms with E-state index in [1.165, 1.54) is 6.07 Å². The first-order valence-corrected chi connectivity index (χ1v) is 12.2. The van der Waals surface area contributed by atoms with Crippen LogP contribution in [0.2, 0.25) is 5.02 Å². The Morgan fingerprint density at radius 3 is 2.60 bits per heavy atom. The lowest BCUT2D eigenvalue weighted by Crippen LogP contribution is -2.52. The second kappa shape index (κ2) is 8.36. The van der Waals surface area contributed by atoms with Crippen molar-refractivity contribution in [1.29, 1.82) is 0 Å². The summed E-state index contributed by atoms with van der Waals surface area (Å²) in [4.78, 5) is 40.7. The minimum atomic E-state index is -1.27. The molecule has 3 aliphatic carbocycles. The highest BCUT2D eigenvalue weighted by molar-refractivity contribution is 6.33. The second-order valence-corrected chi connectivity index (χ2v) is 10.2. The van der Waals surface area contributed by atoms with Crippen LogP contribution in [-0.2, 0) is 16.0 Å². The Hall–Kier alpha value is -2.88. The van der Waals surface area contributed by atoms with Crippen molar-refractivity contribution in [3.8, 4) is 5.75 Å². The Morgan fingerprint density at radius 1 is 1.23 bits per heavy atom. The highest BCUT2D eigenvalue weighted by Crippen LogP contribution is 2.51. The van der Waals surface area contributed by atoms with E-state index < -0.39 is 58.4 Å². The van der Waals surface area contributed by atoms with Gasteiger partial charge in [-0.3, -0.25) is 19.3 Å². The van der Waals surface area contributed by atoms with E-state index in [9.17, 15) is 29.7 Å². The number of hydrogen-bond donors (Lipinski definition) is 5. The summed E-state index contributed by atoms with van der Waals surface area (Å²) >= 11 is 6.85. The van der Waals surface area contributed by atoms with Crippen LogP contribution in [0.3, 0.4) is 0 Å². The van der Waals surface area contributed by atoms with Crippen molar-refractivity contribution in [2.75, 3.05) is 13.1 Å². The van der Waals surface area contributed by atoms with Gasteiger partial charge in [-0.1, -0.05) is 18.5 Å². The first-order valence-electron chi connectivity index (χ1n) is 11.9. The van der Waals surface area contributed by atoms with Gasteiger partial charge in [-0.25, -0.2) is 0 Å². The lowest BCUT2D eigenvalue weighted by molar-refractivity contribution is -0.126. The zero-order chi connectivity index (χ0) is 25.3. The Kier molecular flexibility index (Phi) is 5.69. The Labute approximate surface area is 207 Å². The molecule has 0 bridgehead atoms. The summed E-state index contributed by atoms with van der Waals surface area (Å²) < 4.78 is 0. The van der Waals surface area contributed by atoms with Crippen molar-refractivity contribution in [3.05, 3.63) is 50.4 Å². The highest BCUT2D eigenvalue weighted by Gasteiger charge is 2.53. The molecular weight excluding hydrogens is 474 g/mol. The lowest BCUT2D eigenvalue weighted by Gasteiger charge is -2.43. The van der Waals surface area contributed by atoms with E-state index in [0.717, 1.165) is 31.5 Å². The van der Waals surface area contributed by atoms with Crippen molar-refractivity contribution in [2.45, 2.75) is 44.7 Å². The molecule has 1 aromatic rings. The highest BCUT2D eigenvalue weighted by atomic mass is 35.5. The van der Waals surface area contributed by atoms with Crippen molar-refractivity contribution >= 4 is 29.1 Å². The van der Waals surface area contributed by atoms with Crippen LogP contribution in [-0.4, -0.2) is 56.8 Å². The molecule has 1 fully saturated rings. The number of hydrogen-bond acceptors (Lipinski definition) is 8. The number of aliphatic hydroxyl groups is 2. The number of carbonyl (C=O) groups is 3. The molecule has 2 unspecified atom stereocenters. The maximum Gasteiger partial charge on any atom is 0.255 e. The molecule has 1 amide bonds. The fraction of sp³-hybridized carbons (Fsp3) is 0.480. The van der Waals surface area contributed by atoms with E-state index >= 15 is 0 Å². The molecule has 10 heteroatoms. The average Bonchev–Trinajstić information content (AvgIpc) is 3.27. The molecule has 1 aliphatic heterocycles. The summed E-state index contributed by atoms with van der Waals surface area (Å²) in [5.41, 5.74) is 12.1. The van der Waals surface area contributed by atoms with Crippen LogP contribution >= 0.6 is 11.6 Å². The lowest BCUT2D eigenvalue weighted by atomic mass is 9.61. The van der Waals surface area contributed by atoms with E-state index in [-0.39, 0.29) is 35.8 Å². The van der Waals surface area contributed by atoms with E-state index in [0.29, 0.717) is 10.6 Å². The number of primary amides is 1. The third-order valence-electron chi connectivity index (χ3n) is 8.19. The summed E-state index contributed by atoms with van der Waals surface area (Å²) in [5, 5.41) is 32.9. The normalized spacial score (nSPS) is 30.9. The van der Waals surface area contributed by atoms with Gasteiger partial charge in [0.1, 0.15) is 22.8 Å². The van der Waals surface area contributed by atoms with Gasteiger partial charge in [0.05, 0.1) is 17.5 Å². The number of aromatic hydroxyl groups is 1. The molecule has 1 heterocycles. The summed E-state index contributed by atoms with van der Waals surface area (Å²) in [6.07, 6.45) is 2.37. The van der Waals surface area contributed by atoms with E-state index in [1.807, 2.05) is 0 Å². The summed E-state index contributed by atoms with van der Waals surface area (Å²) in [6, 6.07) is 0.473. The number of nitrogens with two attached hydrogens (primary N) is 2. The number of amides is 1. The maximum atomic E-state index is 13.6. The van der Waals surface area contributed by atoms with Gasteiger partial charge in [-0.15, -0.1) is 0 Å². The third kappa shape index (κ3) is 3.32. The molecule has 0 aromatic heterocycles. The fourth-order valence-electron chi connectivity index (χ4n) is 6.57. The topological polar surface area (TPSA) is 167 Å². The zero-order valence-corrected chi connectivity index (χ0v) is 20.0. The minimum absolute atomic E-state index is 0.0136. The molecule has 1 aromatic carbocycles. The molecule has 1 saturated heterocycles.